The van der Waals surface area contributed by atoms with Crippen molar-refractivity contribution in [2.75, 3.05) is 20.2 Å². The Balaban J connectivity index is 1.66. The topological polar surface area (TPSA) is 97.7 Å². The molecule has 23 heavy (non-hydrogen) atoms. The van der Waals surface area contributed by atoms with Gasteiger partial charge in [0.1, 0.15) is 12.2 Å². The molecule has 0 radical (unpaired) electrons. The van der Waals surface area contributed by atoms with E-state index >= 15 is 0 Å². The molecule has 0 spiro atoms. The maximum absolute atomic E-state index is 12.8. The molecule has 3 saturated heterocycles. The summed E-state index contributed by atoms with van der Waals surface area (Å²) in [5.74, 6) is -1.12. The van der Waals surface area contributed by atoms with Gasteiger partial charge in [0.15, 0.2) is 18.2 Å². The van der Waals surface area contributed by atoms with Crippen LogP contribution in [0.4, 0.5) is 0 Å². The van der Waals surface area contributed by atoms with Gasteiger partial charge in [0.25, 0.3) is 5.91 Å². The van der Waals surface area contributed by atoms with Crippen LogP contribution in [-0.2, 0) is 23.7 Å². The Morgan fingerprint density at radius 2 is 1.83 bits per heavy atom. The first kappa shape index (κ1) is 17.1. The first-order valence-corrected chi connectivity index (χ1v) is 8.01. The summed E-state index contributed by atoms with van der Waals surface area (Å²) in [5, 5.41) is 18.5. The molecule has 3 aliphatic rings. The van der Waals surface area contributed by atoms with Gasteiger partial charge in [-0.15, -0.1) is 0 Å². The molecule has 9 heteroatoms. The van der Waals surface area contributed by atoms with E-state index in [4.69, 9.17) is 18.9 Å². The van der Waals surface area contributed by atoms with Crippen LogP contribution in [0, 0.1) is 0 Å². The zero-order valence-electron chi connectivity index (χ0n) is 13.7. The lowest BCUT2D eigenvalue weighted by Crippen LogP contribution is -2.48. The maximum atomic E-state index is 12.8. The molecule has 3 heterocycles. The van der Waals surface area contributed by atoms with Crippen molar-refractivity contribution in [1.82, 2.24) is 4.90 Å². The normalized spacial score (nSPS) is 37.0. The molecular weight excluding hydrogens is 305 g/mol. The lowest BCUT2D eigenvalue weighted by Gasteiger charge is -2.34. The third-order valence-electron chi connectivity index (χ3n) is 4.76. The molecule has 3 aliphatic heterocycles. The molecule has 0 aromatic rings. The van der Waals surface area contributed by atoms with E-state index in [1.54, 1.807) is 18.7 Å². The highest BCUT2D eigenvalue weighted by Crippen LogP contribution is 2.39. The van der Waals surface area contributed by atoms with Gasteiger partial charge >= 0.3 is 7.12 Å². The van der Waals surface area contributed by atoms with Gasteiger partial charge in [-0.1, -0.05) is 0 Å². The predicted molar refractivity (Wildman–Crippen MR) is 79.3 cm³/mol. The molecule has 0 aromatic heterocycles. The highest BCUT2D eigenvalue weighted by molar-refractivity contribution is 6.43. The number of carbonyl (C=O) groups is 1. The maximum Gasteiger partial charge on any atom is 0.454 e. The highest BCUT2D eigenvalue weighted by Gasteiger charge is 2.58. The van der Waals surface area contributed by atoms with Crippen LogP contribution in [0.2, 0.25) is 5.82 Å². The molecule has 0 unspecified atom stereocenters. The Morgan fingerprint density at radius 1 is 1.22 bits per heavy atom. The van der Waals surface area contributed by atoms with Gasteiger partial charge in [-0.05, 0) is 32.5 Å². The van der Waals surface area contributed by atoms with E-state index in [0.717, 1.165) is 0 Å². The van der Waals surface area contributed by atoms with Crippen LogP contribution in [0.1, 0.15) is 26.7 Å². The van der Waals surface area contributed by atoms with Crippen LogP contribution in [0.5, 0.6) is 0 Å². The molecule has 0 aliphatic carbocycles. The Kier molecular flexibility index (Phi) is 4.70. The zero-order valence-corrected chi connectivity index (χ0v) is 13.7. The Morgan fingerprint density at radius 3 is 2.39 bits per heavy atom. The molecule has 8 nitrogen and oxygen atoms in total. The predicted octanol–water partition coefficient (Wildman–Crippen LogP) is -0.657. The van der Waals surface area contributed by atoms with Crippen molar-refractivity contribution in [3.8, 4) is 0 Å². The van der Waals surface area contributed by atoms with Gasteiger partial charge in [-0.25, -0.2) is 0 Å². The average Bonchev–Trinajstić information content (AvgIpc) is 2.99. The fourth-order valence-corrected chi connectivity index (χ4v) is 3.55. The molecule has 0 saturated carbocycles. The Bertz CT molecular complexity index is 452. The molecule has 4 atom stereocenters. The molecule has 1 amide bonds. The van der Waals surface area contributed by atoms with E-state index in [9.17, 15) is 14.8 Å². The minimum Gasteiger partial charge on any atom is -0.427 e. The number of fused-ring (bicyclic) bond motifs is 1. The van der Waals surface area contributed by atoms with Crippen LogP contribution in [-0.4, -0.2) is 78.6 Å². The summed E-state index contributed by atoms with van der Waals surface area (Å²) < 4.78 is 22.6. The number of hydrogen-bond donors (Lipinski definition) is 2. The molecular formula is C14H24BNO7. The number of likely N-dealkylation sites (tertiary alicyclic amines) is 1. The van der Waals surface area contributed by atoms with Gasteiger partial charge in [0.2, 0.25) is 0 Å². The molecule has 2 N–H and O–H groups in total. The van der Waals surface area contributed by atoms with Gasteiger partial charge in [0.05, 0.1) is 0 Å². The van der Waals surface area contributed by atoms with Crippen molar-refractivity contribution in [3.05, 3.63) is 0 Å². The molecule has 130 valence electrons. The largest absolute Gasteiger partial charge is 0.454 e. The van der Waals surface area contributed by atoms with E-state index in [-0.39, 0.29) is 11.7 Å². The summed E-state index contributed by atoms with van der Waals surface area (Å²) in [6.45, 7) is 4.54. The standard InChI is InChI=1S/C14H24BNO7/c1-14(2)22-9-10(21-13(20-3)11(9)23-14)12(17)16-6-4-8(5-7-16)15(18)19/h8-11,13,18-19H,4-7H2,1-3H3/t9-,10+,11-,13-/m0/s1. The van der Waals surface area contributed by atoms with E-state index in [1.807, 2.05) is 0 Å². The number of rotatable bonds is 3. The van der Waals surface area contributed by atoms with Crippen LogP contribution < -0.4 is 0 Å². The van der Waals surface area contributed by atoms with E-state index in [2.05, 4.69) is 0 Å². The Hall–Kier alpha value is -0.705. The number of piperidine rings is 1. The number of carbonyl (C=O) groups excluding carboxylic acids is 1. The smallest absolute Gasteiger partial charge is 0.427 e. The minimum absolute atomic E-state index is 0.160. The first-order chi connectivity index (χ1) is 10.8. The third kappa shape index (κ3) is 3.26. The second-order valence-electron chi connectivity index (χ2n) is 6.80. The SMILES string of the molecule is CO[C@H]1O[C@@H](C(=O)N2CCC(B(O)O)CC2)[C@@H]2OC(C)(C)O[C@H]12. The molecule has 0 bridgehead atoms. The molecule has 3 fully saturated rings. The first-order valence-electron chi connectivity index (χ1n) is 8.01. The van der Waals surface area contributed by atoms with E-state index in [0.29, 0.717) is 25.9 Å². The van der Waals surface area contributed by atoms with E-state index in [1.165, 1.54) is 7.11 Å². The quantitative estimate of drug-likeness (QED) is 0.664. The molecule has 3 rings (SSSR count). The number of ether oxygens (including phenoxy) is 4. The highest BCUT2D eigenvalue weighted by atomic mass is 16.8. The van der Waals surface area contributed by atoms with Crippen molar-refractivity contribution in [1.29, 1.82) is 0 Å². The van der Waals surface area contributed by atoms with Gasteiger partial charge in [0, 0.05) is 20.2 Å². The average molecular weight is 329 g/mol. The van der Waals surface area contributed by atoms with E-state index < -0.39 is 37.5 Å². The monoisotopic (exact) mass is 329 g/mol. The van der Waals surface area contributed by atoms with Gasteiger partial charge < -0.3 is 33.9 Å². The number of methoxy groups -OCH3 is 1. The summed E-state index contributed by atoms with van der Waals surface area (Å²) in [6.07, 6.45) is -1.21. The van der Waals surface area contributed by atoms with Crippen LogP contribution >= 0.6 is 0 Å². The van der Waals surface area contributed by atoms with Crippen molar-refractivity contribution in [3.63, 3.8) is 0 Å². The second-order valence-corrected chi connectivity index (χ2v) is 6.80. The summed E-state index contributed by atoms with van der Waals surface area (Å²) in [5.41, 5.74) is 0. The fourth-order valence-electron chi connectivity index (χ4n) is 3.55. The number of amides is 1. The summed E-state index contributed by atoms with van der Waals surface area (Å²) in [4.78, 5) is 14.5. The van der Waals surface area contributed by atoms with Crippen LogP contribution in [0.15, 0.2) is 0 Å². The summed E-state index contributed by atoms with van der Waals surface area (Å²) in [7, 11) is 0.182. The summed E-state index contributed by atoms with van der Waals surface area (Å²) in [6, 6.07) is 0. The van der Waals surface area contributed by atoms with Crippen LogP contribution in [0.3, 0.4) is 0 Å². The lowest BCUT2D eigenvalue weighted by molar-refractivity contribution is -0.227. The fraction of sp³-hybridized carbons (Fsp3) is 0.929. The Labute approximate surface area is 135 Å². The van der Waals surface area contributed by atoms with Crippen molar-refractivity contribution in [2.45, 2.75) is 62.9 Å². The van der Waals surface area contributed by atoms with Crippen molar-refractivity contribution in [2.24, 2.45) is 0 Å². The molecule has 0 aromatic carbocycles. The lowest BCUT2D eigenvalue weighted by atomic mass is 9.67. The van der Waals surface area contributed by atoms with Gasteiger partial charge in [-0.2, -0.15) is 0 Å². The number of hydrogen-bond acceptors (Lipinski definition) is 7. The van der Waals surface area contributed by atoms with Crippen molar-refractivity contribution < 1.29 is 33.8 Å². The van der Waals surface area contributed by atoms with Gasteiger partial charge in [-0.3, -0.25) is 4.79 Å². The van der Waals surface area contributed by atoms with Crippen molar-refractivity contribution >= 4 is 13.0 Å². The zero-order chi connectivity index (χ0) is 16.8. The minimum atomic E-state index is -1.33. The number of nitrogens with zero attached hydrogens (tertiary/aromatic N) is 1. The summed E-state index contributed by atoms with van der Waals surface area (Å²) >= 11 is 0. The second kappa shape index (κ2) is 6.31. The third-order valence-corrected chi connectivity index (χ3v) is 4.76. The van der Waals surface area contributed by atoms with Crippen LogP contribution in [0.25, 0.3) is 0 Å².